The zero-order valence-corrected chi connectivity index (χ0v) is 12.7. The normalized spacial score (nSPS) is 18.6. The summed E-state index contributed by atoms with van der Waals surface area (Å²) < 4.78 is 0. The molecule has 2 amide bonds. The van der Waals surface area contributed by atoms with Gasteiger partial charge in [-0.1, -0.05) is 6.92 Å². The number of nitrogens with one attached hydrogen (secondary N) is 3. The molecule has 3 N–H and O–H groups in total. The van der Waals surface area contributed by atoms with Crippen molar-refractivity contribution in [2.24, 2.45) is 5.92 Å². The van der Waals surface area contributed by atoms with E-state index in [1.54, 1.807) is 0 Å². The van der Waals surface area contributed by atoms with Crippen molar-refractivity contribution in [2.45, 2.75) is 51.9 Å². The first-order chi connectivity index (χ1) is 9.72. The van der Waals surface area contributed by atoms with Crippen LogP contribution in [0.5, 0.6) is 0 Å². The van der Waals surface area contributed by atoms with E-state index in [1.807, 2.05) is 6.92 Å². The monoisotopic (exact) mass is 283 g/mol. The van der Waals surface area contributed by atoms with Crippen LogP contribution in [0.3, 0.4) is 0 Å². The minimum Gasteiger partial charge on any atom is -0.356 e. The smallest absolute Gasteiger partial charge is 0.220 e. The molecule has 1 unspecified atom stereocenters. The Morgan fingerprint density at radius 3 is 2.45 bits per heavy atom. The average molecular weight is 283 g/mol. The fourth-order valence-corrected chi connectivity index (χ4v) is 2.44. The first-order valence-corrected chi connectivity index (χ1v) is 7.96. The zero-order chi connectivity index (χ0) is 14.6. The van der Waals surface area contributed by atoms with E-state index >= 15 is 0 Å². The zero-order valence-electron chi connectivity index (χ0n) is 12.7. The fraction of sp³-hybridized carbons (Fsp3) is 0.867. The van der Waals surface area contributed by atoms with E-state index in [0.29, 0.717) is 25.2 Å². The van der Waals surface area contributed by atoms with Crippen molar-refractivity contribution in [2.75, 3.05) is 26.2 Å². The largest absolute Gasteiger partial charge is 0.356 e. The maximum Gasteiger partial charge on any atom is 0.220 e. The predicted octanol–water partition coefficient (Wildman–Crippen LogP) is 1.19. The van der Waals surface area contributed by atoms with Crippen LogP contribution in [0, 0.1) is 5.92 Å². The van der Waals surface area contributed by atoms with Gasteiger partial charge < -0.3 is 16.0 Å². The third kappa shape index (κ3) is 8.15. The molecule has 0 saturated carbocycles. The maximum atomic E-state index is 11.6. The molecule has 0 radical (unpaired) electrons. The van der Waals surface area contributed by atoms with Crippen LogP contribution in [0.4, 0.5) is 0 Å². The van der Waals surface area contributed by atoms with Gasteiger partial charge in [-0.25, -0.2) is 0 Å². The van der Waals surface area contributed by atoms with Crippen molar-refractivity contribution in [1.82, 2.24) is 16.0 Å². The SMILES string of the molecule is CCCNC(=O)CCCC(=O)NCCC1CCCNC1. The van der Waals surface area contributed by atoms with Crippen LogP contribution < -0.4 is 16.0 Å². The first kappa shape index (κ1) is 17.0. The van der Waals surface area contributed by atoms with Crippen molar-refractivity contribution in [1.29, 1.82) is 0 Å². The van der Waals surface area contributed by atoms with Gasteiger partial charge >= 0.3 is 0 Å². The third-order valence-corrected chi connectivity index (χ3v) is 3.65. The number of hydrogen-bond donors (Lipinski definition) is 3. The van der Waals surface area contributed by atoms with Gasteiger partial charge in [0.2, 0.25) is 11.8 Å². The second kappa shape index (κ2) is 10.7. The molecule has 0 spiro atoms. The third-order valence-electron chi connectivity index (χ3n) is 3.65. The number of rotatable bonds is 9. The van der Waals surface area contributed by atoms with E-state index in [2.05, 4.69) is 16.0 Å². The summed E-state index contributed by atoms with van der Waals surface area (Å²) in [6, 6.07) is 0. The van der Waals surface area contributed by atoms with Crippen molar-refractivity contribution in [3.63, 3.8) is 0 Å². The fourth-order valence-electron chi connectivity index (χ4n) is 2.44. The van der Waals surface area contributed by atoms with Gasteiger partial charge in [-0.05, 0) is 51.1 Å². The van der Waals surface area contributed by atoms with Crippen LogP contribution in [0.1, 0.15) is 51.9 Å². The second-order valence-corrected chi connectivity index (χ2v) is 5.55. The molecule has 1 aliphatic heterocycles. The summed E-state index contributed by atoms with van der Waals surface area (Å²) in [6.45, 7) is 5.71. The van der Waals surface area contributed by atoms with Gasteiger partial charge in [-0.2, -0.15) is 0 Å². The van der Waals surface area contributed by atoms with E-state index in [-0.39, 0.29) is 11.8 Å². The molecular weight excluding hydrogens is 254 g/mol. The predicted molar refractivity (Wildman–Crippen MR) is 80.4 cm³/mol. The molecule has 0 aliphatic carbocycles. The van der Waals surface area contributed by atoms with Gasteiger partial charge in [-0.3, -0.25) is 9.59 Å². The second-order valence-electron chi connectivity index (χ2n) is 5.55. The lowest BCUT2D eigenvalue weighted by Gasteiger charge is -2.22. The molecule has 0 aromatic rings. The van der Waals surface area contributed by atoms with E-state index in [9.17, 15) is 9.59 Å². The summed E-state index contributed by atoms with van der Waals surface area (Å²) in [4.78, 5) is 23.0. The molecular formula is C15H29N3O2. The molecule has 0 bridgehead atoms. The molecule has 20 heavy (non-hydrogen) atoms. The van der Waals surface area contributed by atoms with Gasteiger partial charge in [0.05, 0.1) is 0 Å². The van der Waals surface area contributed by atoms with Crippen molar-refractivity contribution in [3.05, 3.63) is 0 Å². The lowest BCUT2D eigenvalue weighted by Crippen LogP contribution is -2.33. The Labute approximate surface area is 122 Å². The summed E-state index contributed by atoms with van der Waals surface area (Å²) >= 11 is 0. The molecule has 1 aliphatic rings. The molecule has 1 rings (SSSR count). The minimum absolute atomic E-state index is 0.0490. The molecule has 5 heteroatoms. The van der Waals surface area contributed by atoms with Crippen LogP contribution in [0.2, 0.25) is 0 Å². The number of amides is 2. The van der Waals surface area contributed by atoms with Crippen LogP contribution in [-0.4, -0.2) is 38.0 Å². The molecule has 1 heterocycles. The molecule has 1 saturated heterocycles. The van der Waals surface area contributed by atoms with Crippen LogP contribution in [-0.2, 0) is 9.59 Å². The van der Waals surface area contributed by atoms with Crippen LogP contribution in [0.15, 0.2) is 0 Å². The van der Waals surface area contributed by atoms with E-state index < -0.39 is 0 Å². The highest BCUT2D eigenvalue weighted by Crippen LogP contribution is 2.12. The number of carbonyl (C=O) groups is 2. The highest BCUT2D eigenvalue weighted by molar-refractivity contribution is 5.78. The van der Waals surface area contributed by atoms with Gasteiger partial charge in [0.15, 0.2) is 0 Å². The van der Waals surface area contributed by atoms with Gasteiger partial charge in [0, 0.05) is 25.9 Å². The average Bonchev–Trinajstić information content (AvgIpc) is 2.46. The summed E-state index contributed by atoms with van der Waals surface area (Å²) in [5.74, 6) is 0.814. The van der Waals surface area contributed by atoms with Crippen LogP contribution in [0.25, 0.3) is 0 Å². The number of hydrogen-bond acceptors (Lipinski definition) is 3. The number of carbonyl (C=O) groups excluding carboxylic acids is 2. The molecule has 0 aromatic heterocycles. The lowest BCUT2D eigenvalue weighted by atomic mass is 9.96. The standard InChI is InChI=1S/C15H29N3O2/c1-2-9-17-14(19)6-3-7-15(20)18-11-8-13-5-4-10-16-12-13/h13,16H,2-12H2,1H3,(H,17,19)(H,18,20). The minimum atomic E-state index is 0.0490. The van der Waals surface area contributed by atoms with Crippen molar-refractivity contribution in [3.8, 4) is 0 Å². The van der Waals surface area contributed by atoms with Crippen molar-refractivity contribution >= 4 is 11.8 Å². The van der Waals surface area contributed by atoms with E-state index in [0.717, 1.165) is 39.0 Å². The highest BCUT2D eigenvalue weighted by atomic mass is 16.2. The number of piperidine rings is 1. The topological polar surface area (TPSA) is 70.2 Å². The molecule has 0 aromatic carbocycles. The van der Waals surface area contributed by atoms with Crippen molar-refractivity contribution < 1.29 is 9.59 Å². The summed E-state index contributed by atoms with van der Waals surface area (Å²) in [6.07, 6.45) is 6.03. The van der Waals surface area contributed by atoms with Gasteiger partial charge in [-0.15, -0.1) is 0 Å². The van der Waals surface area contributed by atoms with E-state index in [1.165, 1.54) is 12.8 Å². The Hall–Kier alpha value is -1.10. The Balaban J connectivity index is 1.95. The summed E-state index contributed by atoms with van der Waals surface area (Å²) in [5.41, 5.74) is 0. The maximum absolute atomic E-state index is 11.6. The quantitative estimate of drug-likeness (QED) is 0.595. The summed E-state index contributed by atoms with van der Waals surface area (Å²) in [7, 11) is 0. The Morgan fingerprint density at radius 2 is 1.85 bits per heavy atom. The molecule has 5 nitrogen and oxygen atoms in total. The molecule has 1 fully saturated rings. The van der Waals surface area contributed by atoms with Gasteiger partial charge in [0.25, 0.3) is 0 Å². The van der Waals surface area contributed by atoms with Gasteiger partial charge in [0.1, 0.15) is 0 Å². The molecule has 116 valence electrons. The van der Waals surface area contributed by atoms with Crippen LogP contribution >= 0.6 is 0 Å². The first-order valence-electron chi connectivity index (χ1n) is 7.96. The Bertz CT molecular complexity index is 289. The summed E-state index contributed by atoms with van der Waals surface area (Å²) in [5, 5.41) is 9.14. The van der Waals surface area contributed by atoms with E-state index in [4.69, 9.17) is 0 Å². The lowest BCUT2D eigenvalue weighted by molar-refractivity contribution is -0.122. The Kier molecular flexibility index (Phi) is 9.04. The highest BCUT2D eigenvalue weighted by Gasteiger charge is 2.12. The molecule has 1 atom stereocenters. The Morgan fingerprint density at radius 1 is 1.15 bits per heavy atom.